The van der Waals surface area contributed by atoms with Gasteiger partial charge in [0.15, 0.2) is 0 Å². The van der Waals surface area contributed by atoms with Crippen LogP contribution in [0, 0.1) is 11.8 Å². The molecule has 4 nitrogen and oxygen atoms in total. The number of sulfonamides is 1. The summed E-state index contributed by atoms with van der Waals surface area (Å²) in [4.78, 5) is -0.0843. The summed E-state index contributed by atoms with van der Waals surface area (Å²) in [7, 11) is -3.76. The lowest BCUT2D eigenvalue weighted by Crippen LogP contribution is -2.43. The minimum Gasteiger partial charge on any atom is -0.398 e. The Hall–Kier alpha value is -0.490. The molecule has 0 bridgehead atoms. The molecule has 0 saturated heterocycles. The van der Waals surface area contributed by atoms with Gasteiger partial charge in [0.05, 0.1) is 10.7 Å². The van der Waals surface area contributed by atoms with Crippen molar-refractivity contribution in [3.05, 3.63) is 22.2 Å². The second kappa shape index (κ2) is 6.32. The van der Waals surface area contributed by atoms with Gasteiger partial charge in [-0.3, -0.25) is 0 Å². The number of anilines is 1. The summed E-state index contributed by atoms with van der Waals surface area (Å²) in [6.07, 6.45) is 2.97. The highest BCUT2D eigenvalue weighted by Gasteiger charge is 2.32. The van der Waals surface area contributed by atoms with Crippen molar-refractivity contribution >= 4 is 38.9 Å². The summed E-state index contributed by atoms with van der Waals surface area (Å²) >= 11 is 11.8. The fourth-order valence-electron chi connectivity index (χ4n) is 2.87. The number of halogens is 2. The Balaban J connectivity index is 2.31. The predicted molar refractivity (Wildman–Crippen MR) is 87.2 cm³/mol. The zero-order valence-corrected chi connectivity index (χ0v) is 14.4. The maximum Gasteiger partial charge on any atom is 0.244 e. The number of nitrogens with two attached hydrogens (primary N) is 1. The Bertz CT molecular complexity index is 611. The van der Waals surface area contributed by atoms with Gasteiger partial charge in [0.2, 0.25) is 10.0 Å². The van der Waals surface area contributed by atoms with E-state index >= 15 is 0 Å². The average Bonchev–Trinajstić information content (AvgIpc) is 2.33. The number of hydrogen-bond acceptors (Lipinski definition) is 3. The summed E-state index contributed by atoms with van der Waals surface area (Å²) in [5.74, 6) is 0.769. The van der Waals surface area contributed by atoms with Crippen LogP contribution in [0.2, 0.25) is 10.0 Å². The molecule has 118 valence electrons. The molecule has 0 aliphatic heterocycles. The Labute approximate surface area is 136 Å². The fourth-order valence-corrected chi connectivity index (χ4v) is 5.22. The van der Waals surface area contributed by atoms with Crippen molar-refractivity contribution in [2.24, 2.45) is 11.8 Å². The predicted octanol–water partition coefficient (Wildman–Crippen LogP) is 3.68. The molecule has 3 N–H and O–H groups in total. The molecule has 0 spiro atoms. The van der Waals surface area contributed by atoms with E-state index in [1.54, 1.807) is 0 Å². The second-order valence-electron chi connectivity index (χ2n) is 5.80. The van der Waals surface area contributed by atoms with Gasteiger partial charge in [0.25, 0.3) is 0 Å². The summed E-state index contributed by atoms with van der Waals surface area (Å²) in [6.45, 7) is 4.22. The Morgan fingerprint density at radius 3 is 2.52 bits per heavy atom. The molecule has 7 heteroatoms. The largest absolute Gasteiger partial charge is 0.398 e. The third-order valence-electron chi connectivity index (χ3n) is 4.32. The van der Waals surface area contributed by atoms with E-state index in [0.29, 0.717) is 10.9 Å². The standard InChI is InChI=1S/C14H20Cl2N2O2S/c1-8-4-3-5-13(9(8)2)18-21(19,20)14-11(16)6-10(15)7-12(14)17/h6-9,13,18H,3-5,17H2,1-2H3. The quantitative estimate of drug-likeness (QED) is 0.816. The monoisotopic (exact) mass is 350 g/mol. The topological polar surface area (TPSA) is 72.2 Å². The van der Waals surface area contributed by atoms with Gasteiger partial charge >= 0.3 is 0 Å². The number of rotatable bonds is 3. The highest BCUT2D eigenvalue weighted by molar-refractivity contribution is 7.89. The molecular formula is C14H20Cl2N2O2S. The van der Waals surface area contributed by atoms with Gasteiger partial charge in [0.1, 0.15) is 4.90 Å². The molecule has 1 aromatic rings. The first-order valence-electron chi connectivity index (χ1n) is 6.99. The van der Waals surface area contributed by atoms with Crippen molar-refractivity contribution in [2.45, 2.75) is 44.0 Å². The van der Waals surface area contributed by atoms with Crippen LogP contribution in [-0.4, -0.2) is 14.5 Å². The molecule has 0 amide bonds. The van der Waals surface area contributed by atoms with E-state index in [9.17, 15) is 8.42 Å². The maximum atomic E-state index is 12.6. The minimum atomic E-state index is -3.76. The number of nitrogen functional groups attached to an aromatic ring is 1. The second-order valence-corrected chi connectivity index (χ2v) is 8.30. The van der Waals surface area contributed by atoms with Crippen LogP contribution in [0.15, 0.2) is 17.0 Å². The Kier molecular flexibility index (Phi) is 5.08. The van der Waals surface area contributed by atoms with Crippen LogP contribution >= 0.6 is 23.2 Å². The molecule has 1 saturated carbocycles. The third-order valence-corrected chi connectivity index (χ3v) is 6.55. The Morgan fingerprint density at radius 1 is 1.24 bits per heavy atom. The van der Waals surface area contributed by atoms with E-state index in [-0.39, 0.29) is 27.6 Å². The number of nitrogens with one attached hydrogen (secondary N) is 1. The van der Waals surface area contributed by atoms with E-state index in [1.807, 2.05) is 0 Å². The molecule has 2 rings (SSSR count). The maximum absolute atomic E-state index is 12.6. The Morgan fingerprint density at radius 2 is 1.90 bits per heavy atom. The van der Waals surface area contributed by atoms with Crippen LogP contribution in [0.1, 0.15) is 33.1 Å². The van der Waals surface area contributed by atoms with Crippen molar-refractivity contribution in [1.29, 1.82) is 0 Å². The molecule has 21 heavy (non-hydrogen) atoms. The average molecular weight is 351 g/mol. The molecule has 0 aromatic heterocycles. The van der Waals surface area contributed by atoms with E-state index in [1.165, 1.54) is 12.1 Å². The highest BCUT2D eigenvalue weighted by Crippen LogP contribution is 2.34. The molecular weight excluding hydrogens is 331 g/mol. The van der Waals surface area contributed by atoms with Gasteiger partial charge in [-0.25, -0.2) is 13.1 Å². The zero-order chi connectivity index (χ0) is 15.8. The summed E-state index contributed by atoms with van der Waals surface area (Å²) in [5, 5.41) is 0.361. The summed E-state index contributed by atoms with van der Waals surface area (Å²) in [6, 6.07) is 2.69. The summed E-state index contributed by atoms with van der Waals surface area (Å²) < 4.78 is 27.9. The van der Waals surface area contributed by atoms with E-state index in [2.05, 4.69) is 18.6 Å². The summed E-state index contributed by atoms with van der Waals surface area (Å²) in [5.41, 5.74) is 5.85. The lowest BCUT2D eigenvalue weighted by Gasteiger charge is -2.34. The smallest absolute Gasteiger partial charge is 0.244 e. The molecule has 0 radical (unpaired) electrons. The number of benzene rings is 1. The van der Waals surface area contributed by atoms with Gasteiger partial charge in [-0.15, -0.1) is 0 Å². The molecule has 1 fully saturated rings. The van der Waals surface area contributed by atoms with Crippen molar-refractivity contribution in [3.63, 3.8) is 0 Å². The van der Waals surface area contributed by atoms with Gasteiger partial charge in [0, 0.05) is 11.1 Å². The van der Waals surface area contributed by atoms with Gasteiger partial charge < -0.3 is 5.73 Å². The lowest BCUT2D eigenvalue weighted by molar-refractivity contribution is 0.227. The fraction of sp³-hybridized carbons (Fsp3) is 0.571. The van der Waals surface area contributed by atoms with E-state index in [4.69, 9.17) is 28.9 Å². The van der Waals surface area contributed by atoms with Crippen LogP contribution in [0.25, 0.3) is 0 Å². The molecule has 1 aliphatic rings. The molecule has 0 heterocycles. The first-order valence-corrected chi connectivity index (χ1v) is 9.23. The van der Waals surface area contributed by atoms with Crippen molar-refractivity contribution in [1.82, 2.24) is 4.72 Å². The first kappa shape index (κ1) is 16.9. The minimum absolute atomic E-state index is 0.0454. The van der Waals surface area contributed by atoms with Crippen molar-refractivity contribution in [2.75, 3.05) is 5.73 Å². The third kappa shape index (κ3) is 3.65. The molecule has 3 atom stereocenters. The van der Waals surface area contributed by atoms with Crippen LogP contribution in [0.4, 0.5) is 5.69 Å². The van der Waals surface area contributed by atoms with E-state index < -0.39 is 10.0 Å². The SMILES string of the molecule is CC1CCCC(NS(=O)(=O)c2c(N)cc(Cl)cc2Cl)C1C. The van der Waals surface area contributed by atoms with Crippen molar-refractivity contribution < 1.29 is 8.42 Å². The van der Waals surface area contributed by atoms with Crippen LogP contribution in [-0.2, 0) is 10.0 Å². The van der Waals surface area contributed by atoms with Gasteiger partial charge in [-0.2, -0.15) is 0 Å². The normalized spacial score (nSPS) is 26.8. The van der Waals surface area contributed by atoms with E-state index in [0.717, 1.165) is 19.3 Å². The van der Waals surface area contributed by atoms with Crippen LogP contribution in [0.5, 0.6) is 0 Å². The first-order chi connectivity index (χ1) is 9.72. The highest BCUT2D eigenvalue weighted by atomic mass is 35.5. The lowest BCUT2D eigenvalue weighted by atomic mass is 9.78. The van der Waals surface area contributed by atoms with Crippen LogP contribution < -0.4 is 10.5 Å². The molecule has 1 aromatic carbocycles. The van der Waals surface area contributed by atoms with Gasteiger partial charge in [-0.1, -0.05) is 49.9 Å². The zero-order valence-electron chi connectivity index (χ0n) is 12.1. The molecule has 3 unspecified atom stereocenters. The van der Waals surface area contributed by atoms with Crippen LogP contribution in [0.3, 0.4) is 0 Å². The van der Waals surface area contributed by atoms with Crippen molar-refractivity contribution in [3.8, 4) is 0 Å². The number of hydrogen-bond donors (Lipinski definition) is 2. The van der Waals surface area contributed by atoms with Gasteiger partial charge in [-0.05, 0) is 30.4 Å². The molecule has 1 aliphatic carbocycles.